The van der Waals surface area contributed by atoms with Crippen LogP contribution in [0.15, 0.2) is 53.4 Å². The van der Waals surface area contributed by atoms with Crippen molar-refractivity contribution < 1.29 is 13.2 Å². The number of carbonyl (C=O) groups is 1. The summed E-state index contributed by atoms with van der Waals surface area (Å²) in [5, 5.41) is 3.15. The van der Waals surface area contributed by atoms with Crippen molar-refractivity contribution in [3.05, 3.63) is 59.1 Å². The van der Waals surface area contributed by atoms with Crippen LogP contribution in [0.4, 0.5) is 5.69 Å². The van der Waals surface area contributed by atoms with Gasteiger partial charge in [0.25, 0.3) is 0 Å². The molecule has 0 unspecified atom stereocenters. The maximum atomic E-state index is 12.3. The van der Waals surface area contributed by atoms with Crippen LogP contribution in [0.2, 0.25) is 5.02 Å². The summed E-state index contributed by atoms with van der Waals surface area (Å²) in [6.07, 6.45) is 0. The van der Waals surface area contributed by atoms with Crippen molar-refractivity contribution in [2.45, 2.75) is 31.1 Å². The van der Waals surface area contributed by atoms with Gasteiger partial charge in [0.2, 0.25) is 15.9 Å². The molecule has 1 amide bonds. The minimum atomic E-state index is -3.75. The molecule has 0 aliphatic carbocycles. The van der Waals surface area contributed by atoms with Crippen LogP contribution >= 0.6 is 11.6 Å². The summed E-state index contributed by atoms with van der Waals surface area (Å²) < 4.78 is 26.9. The van der Waals surface area contributed by atoms with E-state index in [1.54, 1.807) is 48.5 Å². The van der Waals surface area contributed by atoms with E-state index in [0.717, 1.165) is 5.56 Å². The van der Waals surface area contributed by atoms with Gasteiger partial charge in [-0.2, -0.15) is 0 Å². The van der Waals surface area contributed by atoms with Gasteiger partial charge in [0.05, 0.1) is 11.4 Å². The second-order valence-corrected chi connectivity index (χ2v) is 8.86. The van der Waals surface area contributed by atoms with Crippen molar-refractivity contribution in [3.63, 3.8) is 0 Å². The lowest BCUT2D eigenvalue weighted by Gasteiger charge is -2.19. The fourth-order valence-corrected chi connectivity index (χ4v) is 3.22. The number of amides is 1. The minimum absolute atomic E-state index is 0.0613. The minimum Gasteiger partial charge on any atom is -0.325 e. The molecule has 0 heterocycles. The maximum Gasteiger partial charge on any atom is 0.241 e. The van der Waals surface area contributed by atoms with E-state index in [9.17, 15) is 13.2 Å². The van der Waals surface area contributed by atoms with E-state index in [1.807, 2.05) is 0 Å². The Morgan fingerprint density at radius 2 is 1.56 bits per heavy atom. The third-order valence-corrected chi connectivity index (χ3v) is 5.25. The van der Waals surface area contributed by atoms with Crippen LogP contribution in [-0.2, 0) is 20.2 Å². The zero-order chi connectivity index (χ0) is 18.7. The molecule has 0 fully saturated rings. The van der Waals surface area contributed by atoms with Crippen molar-refractivity contribution in [1.29, 1.82) is 0 Å². The van der Waals surface area contributed by atoms with E-state index >= 15 is 0 Å². The Bertz CT molecular complexity index is 839. The number of hydrogen-bond acceptors (Lipinski definition) is 3. The van der Waals surface area contributed by atoms with Gasteiger partial charge in [-0.15, -0.1) is 0 Å². The predicted octanol–water partition coefficient (Wildman–Crippen LogP) is 3.55. The van der Waals surface area contributed by atoms with Gasteiger partial charge in [-0.25, -0.2) is 13.1 Å². The smallest absolute Gasteiger partial charge is 0.241 e. The van der Waals surface area contributed by atoms with Crippen LogP contribution in [0.3, 0.4) is 0 Å². The van der Waals surface area contributed by atoms with Crippen molar-refractivity contribution in [2.24, 2.45) is 0 Å². The molecule has 0 atom stereocenters. The van der Waals surface area contributed by atoms with Gasteiger partial charge in [-0.1, -0.05) is 44.5 Å². The number of nitrogens with one attached hydrogen (secondary N) is 2. The van der Waals surface area contributed by atoms with Crippen LogP contribution < -0.4 is 10.0 Å². The number of rotatable bonds is 5. The summed E-state index contributed by atoms with van der Waals surface area (Å²) in [5.41, 5.74) is 1.52. The third kappa shape index (κ3) is 5.56. The Labute approximate surface area is 153 Å². The first kappa shape index (κ1) is 19.4. The highest BCUT2D eigenvalue weighted by atomic mass is 35.5. The van der Waals surface area contributed by atoms with Crippen LogP contribution in [0, 0.1) is 0 Å². The molecule has 0 aliphatic rings. The Balaban J connectivity index is 1.98. The Hall–Kier alpha value is -1.89. The van der Waals surface area contributed by atoms with Gasteiger partial charge >= 0.3 is 0 Å². The molecular weight excluding hydrogens is 360 g/mol. The number of benzene rings is 2. The van der Waals surface area contributed by atoms with Gasteiger partial charge in [0.1, 0.15) is 0 Å². The summed E-state index contributed by atoms with van der Waals surface area (Å²) in [5.74, 6) is -0.461. The number of halogens is 1. The number of carbonyl (C=O) groups excluding carboxylic acids is 1. The predicted molar refractivity (Wildman–Crippen MR) is 100 cm³/mol. The molecule has 134 valence electrons. The Kier molecular flexibility index (Phi) is 5.87. The molecule has 5 nitrogen and oxygen atoms in total. The number of sulfonamides is 1. The molecule has 0 saturated carbocycles. The average molecular weight is 381 g/mol. The van der Waals surface area contributed by atoms with E-state index in [-0.39, 0.29) is 16.9 Å². The highest BCUT2D eigenvalue weighted by Crippen LogP contribution is 2.23. The molecule has 2 N–H and O–H groups in total. The normalized spacial score (nSPS) is 12.0. The fourth-order valence-electron chi connectivity index (χ4n) is 2.12. The lowest BCUT2D eigenvalue weighted by atomic mass is 9.87. The molecular formula is C18H21ClN2O3S. The lowest BCUT2D eigenvalue weighted by Crippen LogP contribution is -2.32. The maximum absolute atomic E-state index is 12.3. The average Bonchev–Trinajstić information content (AvgIpc) is 2.55. The molecule has 7 heteroatoms. The molecule has 0 spiro atoms. The van der Waals surface area contributed by atoms with Crippen LogP contribution in [0.25, 0.3) is 0 Å². The molecule has 2 rings (SSSR count). The topological polar surface area (TPSA) is 75.3 Å². The summed E-state index contributed by atoms with van der Waals surface area (Å²) in [6, 6.07) is 13.2. The molecule has 0 saturated heterocycles. The molecule has 2 aromatic carbocycles. The summed E-state index contributed by atoms with van der Waals surface area (Å²) in [4.78, 5) is 12.0. The molecule has 25 heavy (non-hydrogen) atoms. The van der Waals surface area contributed by atoms with Crippen molar-refractivity contribution >= 4 is 33.2 Å². The largest absolute Gasteiger partial charge is 0.325 e. The van der Waals surface area contributed by atoms with Crippen molar-refractivity contribution in [1.82, 2.24) is 4.72 Å². The van der Waals surface area contributed by atoms with Crippen molar-refractivity contribution in [2.75, 3.05) is 11.9 Å². The van der Waals surface area contributed by atoms with E-state index in [2.05, 4.69) is 30.8 Å². The monoisotopic (exact) mass is 380 g/mol. The first-order valence-corrected chi connectivity index (χ1v) is 9.60. The quantitative estimate of drug-likeness (QED) is 0.832. The number of hydrogen-bond donors (Lipinski definition) is 2. The van der Waals surface area contributed by atoms with Gasteiger partial charge < -0.3 is 5.32 Å². The van der Waals surface area contributed by atoms with Crippen molar-refractivity contribution in [3.8, 4) is 0 Å². The highest BCUT2D eigenvalue weighted by Gasteiger charge is 2.18. The van der Waals surface area contributed by atoms with E-state index < -0.39 is 15.9 Å². The number of anilines is 1. The first-order chi connectivity index (χ1) is 11.6. The Morgan fingerprint density at radius 3 is 2.08 bits per heavy atom. The Morgan fingerprint density at radius 1 is 1.00 bits per heavy atom. The fraction of sp³-hybridized carbons (Fsp3) is 0.278. The standard InChI is InChI=1S/C18H21ClN2O3S/c1-18(2,3)13-4-10-16(11-5-13)25(23,24)20-12-17(22)21-15-8-6-14(19)7-9-15/h4-11,20H,12H2,1-3H3,(H,21,22). The molecule has 0 bridgehead atoms. The second-order valence-electron chi connectivity index (χ2n) is 6.65. The van der Waals surface area contributed by atoms with Gasteiger partial charge in [0, 0.05) is 10.7 Å². The van der Waals surface area contributed by atoms with Gasteiger partial charge in [-0.05, 0) is 47.4 Å². The van der Waals surface area contributed by atoms with E-state index in [0.29, 0.717) is 10.7 Å². The lowest BCUT2D eigenvalue weighted by molar-refractivity contribution is -0.115. The SMILES string of the molecule is CC(C)(C)c1ccc(S(=O)(=O)NCC(=O)Nc2ccc(Cl)cc2)cc1. The summed E-state index contributed by atoms with van der Waals surface area (Å²) >= 11 is 5.77. The van der Waals surface area contributed by atoms with Gasteiger partial charge in [0.15, 0.2) is 0 Å². The molecule has 0 radical (unpaired) electrons. The van der Waals surface area contributed by atoms with E-state index in [4.69, 9.17) is 11.6 Å². The zero-order valence-electron chi connectivity index (χ0n) is 14.3. The third-order valence-electron chi connectivity index (χ3n) is 3.58. The van der Waals surface area contributed by atoms with Crippen LogP contribution in [0.5, 0.6) is 0 Å². The molecule has 0 aliphatic heterocycles. The van der Waals surface area contributed by atoms with Gasteiger partial charge in [-0.3, -0.25) is 4.79 Å². The summed E-state index contributed by atoms with van der Waals surface area (Å²) in [7, 11) is -3.75. The second kappa shape index (κ2) is 7.56. The van der Waals surface area contributed by atoms with E-state index in [1.165, 1.54) is 0 Å². The first-order valence-electron chi connectivity index (χ1n) is 7.73. The zero-order valence-corrected chi connectivity index (χ0v) is 15.9. The van der Waals surface area contributed by atoms with Crippen LogP contribution in [-0.4, -0.2) is 20.9 Å². The summed E-state index contributed by atoms with van der Waals surface area (Å²) in [6.45, 7) is 5.80. The molecule has 0 aromatic heterocycles. The highest BCUT2D eigenvalue weighted by molar-refractivity contribution is 7.89. The van der Waals surface area contributed by atoms with Crippen LogP contribution in [0.1, 0.15) is 26.3 Å². The molecule has 2 aromatic rings.